The third-order valence-corrected chi connectivity index (χ3v) is 0.763. The van der Waals surface area contributed by atoms with E-state index >= 15 is 0 Å². The van der Waals surface area contributed by atoms with Gasteiger partial charge in [-0.3, -0.25) is 4.79 Å². The second-order valence-electron chi connectivity index (χ2n) is 1.98. The van der Waals surface area contributed by atoms with E-state index in [1.807, 2.05) is 5.32 Å². The molecule has 0 radical (unpaired) electrons. The molecule has 0 aromatic carbocycles. The third kappa shape index (κ3) is 4.00. The molecule has 4 heteroatoms. The van der Waals surface area contributed by atoms with E-state index in [4.69, 9.17) is 0 Å². The van der Waals surface area contributed by atoms with Crippen molar-refractivity contribution in [2.24, 2.45) is 0 Å². The lowest BCUT2D eigenvalue weighted by molar-refractivity contribution is -0.131. The number of rotatable bonds is 3. The fourth-order valence-corrected chi connectivity index (χ4v) is 0.315. The molecule has 0 bridgehead atoms. The van der Waals surface area contributed by atoms with Gasteiger partial charge in [-0.2, -0.15) is 8.78 Å². The average Bonchev–Trinajstić information content (AvgIpc) is 1.82. The Morgan fingerprint density at radius 3 is 2.50 bits per heavy atom. The number of hydrogen-bond acceptors (Lipinski definition) is 1. The second kappa shape index (κ2) is 3.98. The molecule has 0 aliphatic carbocycles. The van der Waals surface area contributed by atoms with Crippen molar-refractivity contribution < 1.29 is 13.6 Å². The van der Waals surface area contributed by atoms with E-state index in [0.29, 0.717) is 5.57 Å². The summed E-state index contributed by atoms with van der Waals surface area (Å²) in [6, 6.07) is 0. The van der Waals surface area contributed by atoms with Crippen molar-refractivity contribution in [3.05, 3.63) is 12.2 Å². The summed E-state index contributed by atoms with van der Waals surface area (Å²) >= 11 is 0. The molecule has 0 atom stereocenters. The van der Waals surface area contributed by atoms with Crippen LogP contribution in [-0.4, -0.2) is 18.9 Å². The van der Waals surface area contributed by atoms with Crippen LogP contribution in [0.4, 0.5) is 8.78 Å². The van der Waals surface area contributed by atoms with Crippen LogP contribution in [0.3, 0.4) is 0 Å². The topological polar surface area (TPSA) is 29.1 Å². The molecule has 0 unspecified atom stereocenters. The van der Waals surface area contributed by atoms with Crippen LogP contribution >= 0.6 is 0 Å². The van der Waals surface area contributed by atoms with E-state index in [1.165, 1.54) is 0 Å². The lowest BCUT2D eigenvalue weighted by atomic mass is 10.3. The minimum atomic E-state index is -2.93. The molecular formula is C6H9F2NO. The summed E-state index contributed by atoms with van der Waals surface area (Å²) in [5.41, 5.74) is 0.647. The largest absolute Gasteiger partial charge is 0.347 e. The molecule has 0 aromatic heterocycles. The number of nitrogens with one attached hydrogen (secondary N) is 1. The minimum Gasteiger partial charge on any atom is -0.347 e. The summed E-state index contributed by atoms with van der Waals surface area (Å²) in [5, 5.41) is 1.99. The second-order valence-corrected chi connectivity index (χ2v) is 1.98. The molecule has 0 heterocycles. The normalized spacial score (nSPS) is 9.60. The molecule has 0 aromatic rings. The predicted octanol–water partition coefficient (Wildman–Crippen LogP) is 0.944. The van der Waals surface area contributed by atoms with Crippen LogP contribution < -0.4 is 5.32 Å². The van der Waals surface area contributed by atoms with Crippen molar-refractivity contribution in [1.29, 1.82) is 0 Å². The zero-order valence-electron chi connectivity index (χ0n) is 5.66. The molecular weight excluding hydrogens is 140 g/mol. The lowest BCUT2D eigenvalue weighted by Crippen LogP contribution is -2.30. The van der Waals surface area contributed by atoms with Crippen molar-refractivity contribution in [3.63, 3.8) is 0 Å². The van der Waals surface area contributed by atoms with Crippen LogP contribution in [0.5, 0.6) is 0 Å². The van der Waals surface area contributed by atoms with E-state index in [2.05, 4.69) is 6.58 Å². The smallest absolute Gasteiger partial charge is 0.315 e. The van der Waals surface area contributed by atoms with Crippen molar-refractivity contribution in [3.8, 4) is 0 Å². The highest BCUT2D eigenvalue weighted by Gasteiger charge is 2.13. The van der Waals surface area contributed by atoms with Gasteiger partial charge in [-0.15, -0.1) is 0 Å². The highest BCUT2D eigenvalue weighted by Crippen LogP contribution is 1.91. The van der Waals surface area contributed by atoms with E-state index in [0.717, 1.165) is 0 Å². The van der Waals surface area contributed by atoms with Gasteiger partial charge in [0, 0.05) is 6.54 Å². The average molecular weight is 149 g/mol. The minimum absolute atomic E-state index is 0.114. The lowest BCUT2D eigenvalue weighted by Gasteiger charge is -2.01. The molecule has 0 spiro atoms. The Kier molecular flexibility index (Phi) is 3.61. The van der Waals surface area contributed by atoms with Crippen LogP contribution in [0.25, 0.3) is 0 Å². The molecule has 0 saturated heterocycles. The van der Waals surface area contributed by atoms with Crippen LogP contribution in [0, 0.1) is 0 Å². The van der Waals surface area contributed by atoms with Crippen molar-refractivity contribution in [2.45, 2.75) is 13.3 Å². The predicted molar refractivity (Wildman–Crippen MR) is 33.8 cm³/mol. The molecule has 0 rings (SSSR count). The first-order valence-corrected chi connectivity index (χ1v) is 2.74. The Bertz CT molecular complexity index is 145. The van der Waals surface area contributed by atoms with Crippen molar-refractivity contribution >= 4 is 5.91 Å². The Hall–Kier alpha value is -0.930. The Labute approximate surface area is 57.9 Å². The van der Waals surface area contributed by atoms with Crippen LogP contribution in [0.2, 0.25) is 0 Å². The van der Waals surface area contributed by atoms with E-state index in [9.17, 15) is 13.6 Å². The highest BCUT2D eigenvalue weighted by atomic mass is 19.3. The van der Waals surface area contributed by atoms with Gasteiger partial charge in [0.25, 0.3) is 5.91 Å². The number of halogens is 2. The molecule has 10 heavy (non-hydrogen) atoms. The quantitative estimate of drug-likeness (QED) is 0.594. The summed E-state index contributed by atoms with van der Waals surface area (Å²) in [7, 11) is 0. The molecule has 1 N–H and O–H groups in total. The third-order valence-electron chi connectivity index (χ3n) is 0.763. The summed E-state index contributed by atoms with van der Waals surface area (Å²) in [6.07, 6.45) is -2.93. The van der Waals surface area contributed by atoms with Gasteiger partial charge < -0.3 is 5.32 Å². The molecule has 0 saturated carbocycles. The van der Waals surface area contributed by atoms with Gasteiger partial charge in [-0.25, -0.2) is 0 Å². The monoisotopic (exact) mass is 149 g/mol. The molecule has 58 valence electrons. The van der Waals surface area contributed by atoms with Gasteiger partial charge in [0.05, 0.1) is 0 Å². The first-order chi connectivity index (χ1) is 4.54. The van der Waals surface area contributed by atoms with Gasteiger partial charge in [0.15, 0.2) is 0 Å². The summed E-state index contributed by atoms with van der Waals surface area (Å²) in [5.74, 6) is -1.25. The van der Waals surface area contributed by atoms with E-state index in [-0.39, 0.29) is 6.54 Å². The molecule has 1 amide bonds. The van der Waals surface area contributed by atoms with Gasteiger partial charge in [0.2, 0.25) is 0 Å². The maximum absolute atomic E-state index is 11.4. The fourth-order valence-electron chi connectivity index (χ4n) is 0.315. The number of hydrogen-bond donors (Lipinski definition) is 1. The zero-order valence-corrected chi connectivity index (χ0v) is 5.66. The van der Waals surface area contributed by atoms with E-state index in [1.54, 1.807) is 6.92 Å². The van der Waals surface area contributed by atoms with Gasteiger partial charge in [-0.05, 0) is 6.92 Å². The molecule has 0 aliphatic heterocycles. The summed E-state index contributed by atoms with van der Waals surface area (Å²) in [6.45, 7) is 5.19. The molecule has 2 nitrogen and oxygen atoms in total. The van der Waals surface area contributed by atoms with Crippen LogP contribution in [0.1, 0.15) is 6.92 Å². The van der Waals surface area contributed by atoms with E-state index < -0.39 is 12.3 Å². The fraction of sp³-hybridized carbons (Fsp3) is 0.500. The number of carbonyl (C=O) groups is 1. The first-order valence-electron chi connectivity index (χ1n) is 2.74. The molecule has 0 aliphatic rings. The Morgan fingerprint density at radius 2 is 2.20 bits per heavy atom. The maximum atomic E-state index is 11.4. The van der Waals surface area contributed by atoms with Gasteiger partial charge >= 0.3 is 6.43 Å². The standard InChI is InChI=1S/C6H9F2NO/c1-4(2)3-9-6(10)5(7)8/h5H,1,3H2,2H3,(H,9,10). The molecule has 0 fully saturated rings. The van der Waals surface area contributed by atoms with Gasteiger partial charge in [-0.1, -0.05) is 12.2 Å². The number of amides is 1. The summed E-state index contributed by atoms with van der Waals surface area (Å²) < 4.78 is 22.9. The van der Waals surface area contributed by atoms with Crippen LogP contribution in [0.15, 0.2) is 12.2 Å². The maximum Gasteiger partial charge on any atom is 0.315 e. The summed E-state index contributed by atoms with van der Waals surface area (Å²) in [4.78, 5) is 10.1. The Morgan fingerprint density at radius 1 is 1.70 bits per heavy atom. The zero-order chi connectivity index (χ0) is 8.15. The van der Waals surface area contributed by atoms with Crippen molar-refractivity contribution in [1.82, 2.24) is 5.32 Å². The van der Waals surface area contributed by atoms with Crippen LogP contribution in [-0.2, 0) is 4.79 Å². The first kappa shape index (κ1) is 9.07. The SMILES string of the molecule is C=C(C)CNC(=O)C(F)F. The highest BCUT2D eigenvalue weighted by molar-refractivity contribution is 5.79. The van der Waals surface area contributed by atoms with Gasteiger partial charge in [0.1, 0.15) is 0 Å². The van der Waals surface area contributed by atoms with Crippen molar-refractivity contribution in [2.75, 3.05) is 6.54 Å². The number of carbonyl (C=O) groups excluding carboxylic acids is 1. The number of alkyl halides is 2. The Balaban J connectivity index is 3.50.